The van der Waals surface area contributed by atoms with E-state index in [1.165, 1.54) is 27.1 Å². The van der Waals surface area contributed by atoms with Crippen LogP contribution in [-0.4, -0.2) is 4.57 Å². The van der Waals surface area contributed by atoms with Gasteiger partial charge in [0.15, 0.2) is 0 Å². The molecule has 0 fully saturated rings. The first kappa shape index (κ1) is 13.2. The lowest BCUT2D eigenvalue weighted by Crippen LogP contribution is -1.94. The Labute approximate surface area is 139 Å². The Balaban J connectivity index is 2.10. The monoisotopic (exact) mass is 308 g/mol. The molecule has 0 spiro atoms. The first-order valence-corrected chi connectivity index (χ1v) is 8.10. The molecule has 5 rings (SSSR count). The summed E-state index contributed by atoms with van der Waals surface area (Å²) in [5, 5.41) is 4.99. The van der Waals surface area contributed by atoms with Gasteiger partial charge in [0.05, 0.1) is 11.0 Å². The van der Waals surface area contributed by atoms with Crippen molar-refractivity contribution in [2.75, 3.05) is 5.73 Å². The third kappa shape index (κ3) is 1.77. The molecule has 1 heterocycles. The van der Waals surface area contributed by atoms with Gasteiger partial charge in [-0.1, -0.05) is 60.7 Å². The highest BCUT2D eigenvalue weighted by Gasteiger charge is 2.14. The van der Waals surface area contributed by atoms with Crippen molar-refractivity contribution < 1.29 is 0 Å². The smallest absolute Gasteiger partial charge is 0.0619 e. The maximum Gasteiger partial charge on any atom is 0.0619 e. The maximum absolute atomic E-state index is 6.09. The minimum Gasteiger partial charge on any atom is -0.399 e. The molecule has 0 saturated heterocycles. The van der Waals surface area contributed by atoms with Gasteiger partial charge in [0.25, 0.3) is 0 Å². The molecule has 1 aromatic heterocycles. The molecule has 114 valence electrons. The molecule has 0 aliphatic heterocycles. The molecule has 2 N–H and O–H groups in total. The van der Waals surface area contributed by atoms with Crippen LogP contribution in [0.5, 0.6) is 0 Å². The Morgan fingerprint density at radius 1 is 0.625 bits per heavy atom. The number of nitrogen functional groups attached to an aromatic ring is 1. The van der Waals surface area contributed by atoms with Gasteiger partial charge < -0.3 is 10.3 Å². The molecule has 0 saturated carbocycles. The summed E-state index contributed by atoms with van der Waals surface area (Å²) in [5.74, 6) is 0. The summed E-state index contributed by atoms with van der Waals surface area (Å²) in [6.45, 7) is 0. The molecule has 0 aliphatic carbocycles. The van der Waals surface area contributed by atoms with Gasteiger partial charge in [-0.25, -0.2) is 0 Å². The standard InChI is InChI=1S/C22H16N2/c23-16-11-13-19-20-12-10-15-6-4-5-9-18(15)22(20)24(21(19)14-16)17-7-2-1-3-8-17/h1-14H,23H2. The summed E-state index contributed by atoms with van der Waals surface area (Å²) in [7, 11) is 0. The topological polar surface area (TPSA) is 30.9 Å². The average Bonchev–Trinajstić information content (AvgIpc) is 2.96. The van der Waals surface area contributed by atoms with Gasteiger partial charge in [0.2, 0.25) is 0 Å². The van der Waals surface area contributed by atoms with Crippen LogP contribution in [0.2, 0.25) is 0 Å². The van der Waals surface area contributed by atoms with Crippen molar-refractivity contribution in [3.8, 4) is 5.69 Å². The van der Waals surface area contributed by atoms with Crippen molar-refractivity contribution in [3.05, 3.63) is 84.9 Å². The van der Waals surface area contributed by atoms with Gasteiger partial charge in [-0.15, -0.1) is 0 Å². The first-order chi connectivity index (χ1) is 11.8. The van der Waals surface area contributed by atoms with Crippen LogP contribution < -0.4 is 5.73 Å². The summed E-state index contributed by atoms with van der Waals surface area (Å²) in [6.07, 6.45) is 0. The van der Waals surface area contributed by atoms with Crippen molar-refractivity contribution in [1.82, 2.24) is 4.57 Å². The Hall–Kier alpha value is -3.26. The molecule has 5 aromatic rings. The summed E-state index contributed by atoms with van der Waals surface area (Å²) in [6, 6.07) is 29.6. The second-order valence-electron chi connectivity index (χ2n) is 6.13. The van der Waals surface area contributed by atoms with E-state index in [0.717, 1.165) is 16.9 Å². The lowest BCUT2D eigenvalue weighted by Gasteiger charge is -2.09. The van der Waals surface area contributed by atoms with Gasteiger partial charge in [0, 0.05) is 27.5 Å². The number of anilines is 1. The van der Waals surface area contributed by atoms with Crippen LogP contribution in [0, 0.1) is 0 Å². The van der Waals surface area contributed by atoms with E-state index in [1.807, 2.05) is 12.1 Å². The van der Waals surface area contributed by atoms with Crippen LogP contribution in [0.3, 0.4) is 0 Å². The molecule has 0 bridgehead atoms. The third-order valence-corrected chi connectivity index (χ3v) is 4.69. The number of fused-ring (bicyclic) bond motifs is 5. The number of nitrogens with zero attached hydrogens (tertiary/aromatic N) is 1. The Morgan fingerprint density at radius 2 is 1.38 bits per heavy atom. The van der Waals surface area contributed by atoms with Crippen LogP contribution in [0.1, 0.15) is 0 Å². The van der Waals surface area contributed by atoms with E-state index in [1.54, 1.807) is 0 Å². The Bertz CT molecular complexity index is 1200. The quantitative estimate of drug-likeness (QED) is 0.406. The molecule has 0 atom stereocenters. The molecule has 4 aromatic carbocycles. The second-order valence-corrected chi connectivity index (χ2v) is 6.13. The molecule has 2 heteroatoms. The molecular weight excluding hydrogens is 292 g/mol. The number of para-hydroxylation sites is 1. The van der Waals surface area contributed by atoms with Crippen LogP contribution in [0.15, 0.2) is 84.9 Å². The molecule has 0 radical (unpaired) electrons. The van der Waals surface area contributed by atoms with E-state index in [2.05, 4.69) is 77.4 Å². The minimum absolute atomic E-state index is 0.784. The summed E-state index contributed by atoms with van der Waals surface area (Å²) in [4.78, 5) is 0. The molecule has 2 nitrogen and oxygen atoms in total. The second kappa shape index (κ2) is 4.87. The molecule has 0 unspecified atom stereocenters. The zero-order chi connectivity index (χ0) is 16.1. The van der Waals surface area contributed by atoms with Crippen molar-refractivity contribution in [2.45, 2.75) is 0 Å². The zero-order valence-corrected chi connectivity index (χ0v) is 13.1. The van der Waals surface area contributed by atoms with E-state index >= 15 is 0 Å². The number of benzene rings is 4. The zero-order valence-electron chi connectivity index (χ0n) is 13.1. The third-order valence-electron chi connectivity index (χ3n) is 4.69. The Kier molecular flexibility index (Phi) is 2.68. The van der Waals surface area contributed by atoms with Crippen LogP contribution in [-0.2, 0) is 0 Å². The van der Waals surface area contributed by atoms with Crippen molar-refractivity contribution >= 4 is 38.3 Å². The SMILES string of the molecule is Nc1ccc2c3ccc4ccccc4c3n(-c3ccccc3)c2c1. The predicted molar refractivity (Wildman–Crippen MR) is 103 cm³/mol. The van der Waals surface area contributed by atoms with Crippen LogP contribution in [0.25, 0.3) is 38.3 Å². The summed E-state index contributed by atoms with van der Waals surface area (Å²) in [5.41, 5.74) is 10.4. The molecule has 24 heavy (non-hydrogen) atoms. The number of nitrogens with two attached hydrogens (primary N) is 1. The normalized spacial score (nSPS) is 11.5. The van der Waals surface area contributed by atoms with E-state index < -0.39 is 0 Å². The van der Waals surface area contributed by atoms with Crippen LogP contribution in [0.4, 0.5) is 5.69 Å². The molecule has 0 aliphatic rings. The summed E-state index contributed by atoms with van der Waals surface area (Å²) >= 11 is 0. The van der Waals surface area contributed by atoms with Gasteiger partial charge in [-0.05, 0) is 29.7 Å². The van der Waals surface area contributed by atoms with Crippen molar-refractivity contribution in [2.24, 2.45) is 0 Å². The number of hydrogen-bond acceptors (Lipinski definition) is 1. The highest BCUT2D eigenvalue weighted by atomic mass is 15.0. The number of aromatic nitrogens is 1. The van der Waals surface area contributed by atoms with Gasteiger partial charge in [-0.2, -0.15) is 0 Å². The van der Waals surface area contributed by atoms with Crippen molar-refractivity contribution in [1.29, 1.82) is 0 Å². The van der Waals surface area contributed by atoms with E-state index in [0.29, 0.717) is 0 Å². The number of hydrogen-bond donors (Lipinski definition) is 1. The lowest BCUT2D eigenvalue weighted by atomic mass is 10.1. The first-order valence-electron chi connectivity index (χ1n) is 8.10. The van der Waals surface area contributed by atoms with E-state index in [-0.39, 0.29) is 0 Å². The van der Waals surface area contributed by atoms with E-state index in [4.69, 9.17) is 5.73 Å². The van der Waals surface area contributed by atoms with E-state index in [9.17, 15) is 0 Å². The fraction of sp³-hybridized carbons (Fsp3) is 0. The van der Waals surface area contributed by atoms with Crippen molar-refractivity contribution in [3.63, 3.8) is 0 Å². The Morgan fingerprint density at radius 3 is 2.25 bits per heavy atom. The van der Waals surface area contributed by atoms with Gasteiger partial charge in [-0.3, -0.25) is 0 Å². The maximum atomic E-state index is 6.09. The fourth-order valence-electron chi connectivity index (χ4n) is 3.64. The molecule has 0 amide bonds. The molecular formula is C22H16N2. The minimum atomic E-state index is 0.784. The van der Waals surface area contributed by atoms with Gasteiger partial charge >= 0.3 is 0 Å². The van der Waals surface area contributed by atoms with Crippen LogP contribution >= 0.6 is 0 Å². The fourth-order valence-corrected chi connectivity index (χ4v) is 3.64. The lowest BCUT2D eigenvalue weighted by molar-refractivity contribution is 1.19. The number of rotatable bonds is 1. The average molecular weight is 308 g/mol. The largest absolute Gasteiger partial charge is 0.399 e. The summed E-state index contributed by atoms with van der Waals surface area (Å²) < 4.78 is 2.32. The van der Waals surface area contributed by atoms with Gasteiger partial charge in [0.1, 0.15) is 0 Å². The predicted octanol–water partition coefficient (Wildman–Crippen LogP) is 5.52. The highest BCUT2D eigenvalue weighted by Crippen LogP contribution is 2.37. The highest BCUT2D eigenvalue weighted by molar-refractivity contribution is 6.18.